The summed E-state index contributed by atoms with van der Waals surface area (Å²) in [6.07, 6.45) is 5.24. The molecule has 0 saturated carbocycles. The van der Waals surface area contributed by atoms with Crippen molar-refractivity contribution in [1.82, 2.24) is 34.9 Å². The van der Waals surface area contributed by atoms with Gasteiger partial charge in [0, 0.05) is 34.5 Å². The van der Waals surface area contributed by atoms with Gasteiger partial charge in [-0.1, -0.05) is 103 Å². The largest absolute Gasteiger partial charge is 0.435 e. The second-order valence-electron chi connectivity index (χ2n) is 11.0. The van der Waals surface area contributed by atoms with Crippen LogP contribution < -0.4 is 0 Å². The number of hydrogen-bond acceptors (Lipinski definition) is 8. The first-order valence-electron chi connectivity index (χ1n) is 15.1. The van der Waals surface area contributed by atoms with E-state index in [0.29, 0.717) is 45.5 Å². The van der Waals surface area contributed by atoms with E-state index in [1.54, 1.807) is 12.4 Å². The lowest BCUT2D eigenvalue weighted by Crippen LogP contribution is -2.00. The molecule has 0 N–H and O–H groups in total. The molecule has 8 heteroatoms. The van der Waals surface area contributed by atoms with Gasteiger partial charge in [-0.05, 0) is 34.7 Å². The molecule has 0 aliphatic heterocycles. The van der Waals surface area contributed by atoms with Crippen molar-refractivity contribution in [3.63, 3.8) is 0 Å². The number of benzene rings is 4. The Morgan fingerprint density at radius 3 is 1.79 bits per heavy atom. The molecule has 8 nitrogen and oxygen atoms in total. The van der Waals surface area contributed by atoms with Crippen LogP contribution in [0.1, 0.15) is 0 Å². The Balaban J connectivity index is 1.12. The third-order valence-corrected chi connectivity index (χ3v) is 8.14. The monoisotopic (exact) mass is 605 g/mol. The minimum absolute atomic E-state index is 0.452. The lowest BCUT2D eigenvalue weighted by Gasteiger charge is -2.11. The molecule has 5 heterocycles. The SMILES string of the molecule is c1ccc(-c2nc(-c3ccccc3)nc(-c3ccc(-c4cccc5c(-c6cnc7oc8cccnc8c7n6)nccc45)cc3)n2)cc1. The van der Waals surface area contributed by atoms with Gasteiger partial charge in [0.05, 0.1) is 11.9 Å². The van der Waals surface area contributed by atoms with Crippen LogP contribution in [0.4, 0.5) is 0 Å². The summed E-state index contributed by atoms with van der Waals surface area (Å²) in [4.78, 5) is 33.2. The molecule has 47 heavy (non-hydrogen) atoms. The number of aromatic nitrogens is 7. The van der Waals surface area contributed by atoms with Gasteiger partial charge >= 0.3 is 0 Å². The molecule has 0 fully saturated rings. The molecule has 0 bridgehead atoms. The highest BCUT2D eigenvalue weighted by Gasteiger charge is 2.16. The maximum absolute atomic E-state index is 5.84. The number of fused-ring (bicyclic) bond motifs is 4. The summed E-state index contributed by atoms with van der Waals surface area (Å²) in [7, 11) is 0. The molecule has 0 saturated heterocycles. The Kier molecular flexibility index (Phi) is 6.28. The maximum atomic E-state index is 5.84. The third kappa shape index (κ3) is 4.76. The molecule has 0 unspecified atom stereocenters. The first-order valence-corrected chi connectivity index (χ1v) is 15.1. The fourth-order valence-electron chi connectivity index (χ4n) is 5.88. The number of pyridine rings is 2. The molecule has 220 valence electrons. The Bertz CT molecular complexity index is 2510. The predicted octanol–water partition coefficient (Wildman–Crippen LogP) is 8.84. The number of furan rings is 1. The average molecular weight is 606 g/mol. The van der Waals surface area contributed by atoms with E-state index in [-0.39, 0.29) is 0 Å². The van der Waals surface area contributed by atoms with Gasteiger partial charge in [-0.25, -0.2) is 24.9 Å². The van der Waals surface area contributed by atoms with Gasteiger partial charge in [0.25, 0.3) is 0 Å². The van der Waals surface area contributed by atoms with Crippen molar-refractivity contribution in [2.24, 2.45) is 0 Å². The van der Waals surface area contributed by atoms with Crippen molar-refractivity contribution in [3.8, 4) is 56.7 Å². The van der Waals surface area contributed by atoms with Gasteiger partial charge in [-0.15, -0.1) is 0 Å². The van der Waals surface area contributed by atoms with Crippen LogP contribution in [-0.2, 0) is 0 Å². The zero-order valence-corrected chi connectivity index (χ0v) is 24.8. The van der Waals surface area contributed by atoms with Crippen LogP contribution in [0.25, 0.3) is 89.8 Å². The van der Waals surface area contributed by atoms with E-state index in [0.717, 1.165) is 44.3 Å². The van der Waals surface area contributed by atoms with Gasteiger partial charge in [0.15, 0.2) is 28.6 Å². The van der Waals surface area contributed by atoms with Crippen molar-refractivity contribution < 1.29 is 4.42 Å². The van der Waals surface area contributed by atoms with Crippen molar-refractivity contribution >= 4 is 33.1 Å². The quantitative estimate of drug-likeness (QED) is 0.192. The second kappa shape index (κ2) is 11.0. The second-order valence-corrected chi connectivity index (χ2v) is 11.0. The van der Waals surface area contributed by atoms with E-state index < -0.39 is 0 Å². The fourth-order valence-corrected chi connectivity index (χ4v) is 5.88. The van der Waals surface area contributed by atoms with Crippen molar-refractivity contribution in [1.29, 1.82) is 0 Å². The molecule has 0 radical (unpaired) electrons. The number of hydrogen-bond donors (Lipinski definition) is 0. The lowest BCUT2D eigenvalue weighted by atomic mass is 9.96. The highest BCUT2D eigenvalue weighted by molar-refractivity contribution is 6.04. The van der Waals surface area contributed by atoms with Crippen LogP contribution >= 0.6 is 0 Å². The molecule has 0 atom stereocenters. The summed E-state index contributed by atoms with van der Waals surface area (Å²) < 4.78 is 5.84. The van der Waals surface area contributed by atoms with Crippen molar-refractivity contribution in [2.45, 2.75) is 0 Å². The summed E-state index contributed by atoms with van der Waals surface area (Å²) in [5.74, 6) is 1.88. The van der Waals surface area contributed by atoms with Crippen molar-refractivity contribution in [2.75, 3.05) is 0 Å². The molecule has 5 aromatic heterocycles. The Morgan fingerprint density at radius 1 is 0.426 bits per heavy atom. The van der Waals surface area contributed by atoms with Gasteiger partial charge in [-0.2, -0.15) is 0 Å². The van der Waals surface area contributed by atoms with Crippen LogP contribution in [0.5, 0.6) is 0 Å². The molecular formula is C39H23N7O. The van der Waals surface area contributed by atoms with E-state index in [4.69, 9.17) is 29.3 Å². The smallest absolute Gasteiger partial charge is 0.248 e. The predicted molar refractivity (Wildman–Crippen MR) is 183 cm³/mol. The van der Waals surface area contributed by atoms with Crippen LogP contribution in [0.15, 0.2) is 144 Å². The number of nitrogens with zero attached hydrogens (tertiary/aromatic N) is 7. The fraction of sp³-hybridized carbons (Fsp3) is 0. The number of rotatable bonds is 5. The standard InChI is InChI=1S/C39H23N7O/c1-3-9-25(10-4-1)36-44-37(26-11-5-2-6-12-26)46-38(45-36)27-18-16-24(17-19-27)28-13-7-14-30-29(28)20-22-41-33(30)31-23-42-39-35(43-31)34-32(47-39)15-8-21-40-34/h1-23H. The lowest BCUT2D eigenvalue weighted by molar-refractivity contribution is 0.652. The highest BCUT2D eigenvalue weighted by atomic mass is 16.3. The molecule has 0 aliphatic rings. The summed E-state index contributed by atoms with van der Waals surface area (Å²) in [5.41, 5.74) is 8.71. The first kappa shape index (κ1) is 26.7. The normalized spacial score (nSPS) is 11.4. The summed E-state index contributed by atoms with van der Waals surface area (Å²) in [5, 5.41) is 2.03. The van der Waals surface area contributed by atoms with Crippen molar-refractivity contribution in [3.05, 3.63) is 140 Å². The minimum atomic E-state index is 0.452. The van der Waals surface area contributed by atoms with Gasteiger partial charge in [0.1, 0.15) is 11.2 Å². The third-order valence-electron chi connectivity index (χ3n) is 8.14. The molecular weight excluding hydrogens is 582 g/mol. The topological polar surface area (TPSA) is 103 Å². The average Bonchev–Trinajstić information content (AvgIpc) is 3.53. The molecule has 0 amide bonds. The summed E-state index contributed by atoms with van der Waals surface area (Å²) >= 11 is 0. The molecule has 9 rings (SSSR count). The van der Waals surface area contributed by atoms with Crippen LogP contribution in [-0.4, -0.2) is 34.9 Å². The Morgan fingerprint density at radius 2 is 1.09 bits per heavy atom. The molecule has 0 aliphatic carbocycles. The summed E-state index contributed by atoms with van der Waals surface area (Å²) in [6, 6.07) is 40.3. The van der Waals surface area contributed by atoms with Gasteiger partial charge in [0.2, 0.25) is 5.71 Å². The Labute approximate surface area is 268 Å². The molecule has 4 aromatic carbocycles. The minimum Gasteiger partial charge on any atom is -0.435 e. The first-order chi connectivity index (χ1) is 23.3. The zero-order valence-electron chi connectivity index (χ0n) is 24.8. The van der Waals surface area contributed by atoms with E-state index in [1.807, 2.05) is 91.1 Å². The summed E-state index contributed by atoms with van der Waals surface area (Å²) in [6.45, 7) is 0. The van der Waals surface area contributed by atoms with E-state index in [9.17, 15) is 0 Å². The van der Waals surface area contributed by atoms with Gasteiger partial charge < -0.3 is 4.42 Å². The molecule has 0 spiro atoms. The Hall–Kier alpha value is -6.67. The van der Waals surface area contributed by atoms with Crippen LogP contribution in [0.2, 0.25) is 0 Å². The van der Waals surface area contributed by atoms with Gasteiger partial charge in [-0.3, -0.25) is 9.97 Å². The van der Waals surface area contributed by atoms with E-state index in [2.05, 4.69) is 46.4 Å². The van der Waals surface area contributed by atoms with Crippen LogP contribution in [0, 0.1) is 0 Å². The van der Waals surface area contributed by atoms with E-state index >= 15 is 0 Å². The molecule has 9 aromatic rings. The highest BCUT2D eigenvalue weighted by Crippen LogP contribution is 2.35. The van der Waals surface area contributed by atoms with E-state index in [1.165, 1.54) is 0 Å². The zero-order chi connectivity index (χ0) is 31.2. The van der Waals surface area contributed by atoms with Crippen LogP contribution in [0.3, 0.4) is 0 Å². The maximum Gasteiger partial charge on any atom is 0.248 e.